The quantitative estimate of drug-likeness (QED) is 0.845. The van der Waals surface area contributed by atoms with Crippen LogP contribution in [0, 0.1) is 5.41 Å². The summed E-state index contributed by atoms with van der Waals surface area (Å²) in [6.07, 6.45) is -3.04. The normalized spacial score (nSPS) is 17.7. The number of ether oxygens (including phenoxy) is 1. The molecule has 1 unspecified atom stereocenters. The molecule has 1 aromatic rings. The van der Waals surface area contributed by atoms with E-state index in [-0.39, 0.29) is 24.1 Å². The molecule has 2 amide bonds. The van der Waals surface area contributed by atoms with E-state index in [4.69, 9.17) is 4.74 Å². The molecule has 2 rings (SSSR count). The summed E-state index contributed by atoms with van der Waals surface area (Å²) in [4.78, 5) is 26.6. The number of likely N-dealkylation sites (tertiary alicyclic amines) is 1. The van der Waals surface area contributed by atoms with Crippen molar-refractivity contribution in [2.45, 2.75) is 52.4 Å². The molecular formula is C19H25F3N2O3. The van der Waals surface area contributed by atoms with Crippen LogP contribution in [0.1, 0.15) is 39.2 Å². The van der Waals surface area contributed by atoms with Gasteiger partial charge in [-0.2, -0.15) is 13.2 Å². The number of carbonyl (C=O) groups excluding carboxylic acids is 2. The van der Waals surface area contributed by atoms with Crippen molar-refractivity contribution in [1.29, 1.82) is 0 Å². The van der Waals surface area contributed by atoms with E-state index >= 15 is 0 Å². The molecule has 0 aromatic heterocycles. The maximum Gasteiger partial charge on any atom is 0.422 e. The fraction of sp³-hybridized carbons (Fsp3) is 0.579. The molecule has 0 aliphatic carbocycles. The van der Waals surface area contributed by atoms with Gasteiger partial charge in [-0.05, 0) is 30.5 Å². The zero-order valence-electron chi connectivity index (χ0n) is 15.7. The summed E-state index contributed by atoms with van der Waals surface area (Å²) < 4.78 is 41.4. The van der Waals surface area contributed by atoms with E-state index in [0.29, 0.717) is 18.5 Å². The van der Waals surface area contributed by atoms with Crippen LogP contribution in [-0.4, -0.2) is 42.1 Å². The first-order valence-corrected chi connectivity index (χ1v) is 8.84. The van der Waals surface area contributed by atoms with Crippen molar-refractivity contribution < 1.29 is 27.5 Å². The van der Waals surface area contributed by atoms with E-state index in [0.717, 1.165) is 6.42 Å². The summed E-state index contributed by atoms with van der Waals surface area (Å²) in [5.74, 6) is -0.237. The molecule has 5 nitrogen and oxygen atoms in total. The minimum absolute atomic E-state index is 0.0669. The molecule has 1 aliphatic rings. The van der Waals surface area contributed by atoms with Gasteiger partial charge in [-0.1, -0.05) is 32.9 Å². The van der Waals surface area contributed by atoms with Crippen molar-refractivity contribution in [3.8, 4) is 5.75 Å². The lowest BCUT2D eigenvalue weighted by Crippen LogP contribution is -2.49. The highest BCUT2D eigenvalue weighted by molar-refractivity contribution is 5.90. The summed E-state index contributed by atoms with van der Waals surface area (Å²) >= 11 is 0. The van der Waals surface area contributed by atoms with Crippen molar-refractivity contribution in [1.82, 2.24) is 10.2 Å². The number of rotatable bonds is 5. The lowest BCUT2D eigenvalue weighted by Gasteiger charge is -2.30. The van der Waals surface area contributed by atoms with E-state index in [2.05, 4.69) is 5.32 Å². The molecule has 150 valence electrons. The molecule has 27 heavy (non-hydrogen) atoms. The highest BCUT2D eigenvalue weighted by Gasteiger charge is 2.38. The Balaban J connectivity index is 1.94. The van der Waals surface area contributed by atoms with Gasteiger partial charge in [0.05, 0.1) is 0 Å². The van der Waals surface area contributed by atoms with Crippen LogP contribution in [0.4, 0.5) is 13.2 Å². The van der Waals surface area contributed by atoms with Crippen molar-refractivity contribution in [3.05, 3.63) is 29.8 Å². The lowest BCUT2D eigenvalue weighted by molar-refractivity contribution is -0.153. The monoisotopic (exact) mass is 386 g/mol. The van der Waals surface area contributed by atoms with Crippen molar-refractivity contribution in [3.63, 3.8) is 0 Å². The van der Waals surface area contributed by atoms with E-state index < -0.39 is 24.2 Å². The molecule has 1 aromatic carbocycles. The molecule has 0 bridgehead atoms. The molecule has 0 radical (unpaired) electrons. The average Bonchev–Trinajstić information content (AvgIpc) is 3.05. The molecule has 1 saturated heterocycles. The van der Waals surface area contributed by atoms with Crippen molar-refractivity contribution in [2.24, 2.45) is 5.41 Å². The fourth-order valence-corrected chi connectivity index (χ4v) is 2.93. The summed E-state index contributed by atoms with van der Waals surface area (Å²) in [6, 6.07) is 5.63. The summed E-state index contributed by atoms with van der Waals surface area (Å²) in [5.41, 5.74) is 0.0576. The van der Waals surface area contributed by atoms with Gasteiger partial charge in [0.25, 0.3) is 0 Å². The largest absolute Gasteiger partial charge is 0.484 e. The molecule has 1 N–H and O–H groups in total. The molecule has 8 heteroatoms. The highest BCUT2D eigenvalue weighted by atomic mass is 19.4. The first kappa shape index (κ1) is 21.1. The Kier molecular flexibility index (Phi) is 6.38. The van der Waals surface area contributed by atoms with E-state index in [1.165, 1.54) is 12.1 Å². The standard InChI is InChI=1S/C19H25F3N2O3/c1-18(2,3)17(26)24-9-5-8-15(24)16(25)23-11-13-6-4-7-14(10-13)27-12-19(20,21)22/h4,6-7,10,15H,5,8-9,11-12H2,1-3H3,(H,23,25). The van der Waals surface area contributed by atoms with Gasteiger partial charge in [0, 0.05) is 18.5 Å². The summed E-state index contributed by atoms with van der Waals surface area (Å²) in [6.45, 7) is 4.78. The van der Waals surface area contributed by atoms with E-state index in [1.54, 1.807) is 17.0 Å². The second-order valence-electron chi connectivity index (χ2n) is 7.68. The van der Waals surface area contributed by atoms with Gasteiger partial charge in [0.1, 0.15) is 11.8 Å². The number of alkyl halides is 3. The molecule has 0 spiro atoms. The molecule has 1 aliphatic heterocycles. The van der Waals surface area contributed by atoms with Gasteiger partial charge in [-0.3, -0.25) is 9.59 Å². The molecular weight excluding hydrogens is 361 g/mol. The Labute approximate surface area is 156 Å². The number of hydrogen-bond acceptors (Lipinski definition) is 3. The first-order chi connectivity index (χ1) is 12.5. The van der Waals surface area contributed by atoms with Gasteiger partial charge in [0.2, 0.25) is 11.8 Å². The number of nitrogens with one attached hydrogen (secondary N) is 1. The Bertz CT molecular complexity index is 684. The topological polar surface area (TPSA) is 58.6 Å². The number of hydrogen-bond donors (Lipinski definition) is 1. The van der Waals surface area contributed by atoms with Gasteiger partial charge in [-0.25, -0.2) is 0 Å². The average molecular weight is 386 g/mol. The predicted octanol–water partition coefficient (Wildman–Crippen LogP) is 3.28. The lowest BCUT2D eigenvalue weighted by atomic mass is 9.94. The molecule has 1 atom stereocenters. The maximum absolute atomic E-state index is 12.5. The molecule has 0 saturated carbocycles. The number of carbonyl (C=O) groups is 2. The fourth-order valence-electron chi connectivity index (χ4n) is 2.93. The third-order valence-electron chi connectivity index (χ3n) is 4.23. The number of benzene rings is 1. The number of amides is 2. The number of nitrogens with zero attached hydrogens (tertiary/aromatic N) is 1. The van der Waals surface area contributed by atoms with E-state index in [1.807, 2.05) is 20.8 Å². The Hall–Kier alpha value is -2.25. The zero-order chi connectivity index (χ0) is 20.2. The Morgan fingerprint density at radius 3 is 2.59 bits per heavy atom. The Morgan fingerprint density at radius 2 is 1.96 bits per heavy atom. The summed E-state index contributed by atoms with van der Waals surface area (Å²) in [5, 5.41) is 2.77. The van der Waals surface area contributed by atoms with Gasteiger partial charge in [-0.15, -0.1) is 0 Å². The van der Waals surface area contributed by atoms with Crippen LogP contribution in [0.2, 0.25) is 0 Å². The smallest absolute Gasteiger partial charge is 0.422 e. The van der Waals surface area contributed by atoms with Crippen LogP contribution in [-0.2, 0) is 16.1 Å². The molecule has 1 heterocycles. The second kappa shape index (κ2) is 8.19. The van der Waals surface area contributed by atoms with Crippen LogP contribution >= 0.6 is 0 Å². The van der Waals surface area contributed by atoms with Gasteiger partial charge < -0.3 is 15.0 Å². The minimum atomic E-state index is -4.41. The minimum Gasteiger partial charge on any atom is -0.484 e. The first-order valence-electron chi connectivity index (χ1n) is 8.84. The van der Waals surface area contributed by atoms with E-state index in [9.17, 15) is 22.8 Å². The van der Waals surface area contributed by atoms with Crippen LogP contribution in [0.3, 0.4) is 0 Å². The third kappa shape index (κ3) is 6.15. The maximum atomic E-state index is 12.5. The molecule has 1 fully saturated rings. The van der Waals surface area contributed by atoms with Crippen molar-refractivity contribution >= 4 is 11.8 Å². The summed E-state index contributed by atoms with van der Waals surface area (Å²) in [7, 11) is 0. The van der Waals surface area contributed by atoms with Crippen molar-refractivity contribution in [2.75, 3.05) is 13.2 Å². The van der Waals surface area contributed by atoms with Gasteiger partial charge >= 0.3 is 6.18 Å². The number of halogens is 3. The van der Waals surface area contributed by atoms with Crippen LogP contribution in [0.5, 0.6) is 5.75 Å². The van der Waals surface area contributed by atoms with Crippen LogP contribution in [0.15, 0.2) is 24.3 Å². The zero-order valence-corrected chi connectivity index (χ0v) is 15.7. The predicted molar refractivity (Wildman–Crippen MR) is 94.0 cm³/mol. The van der Waals surface area contributed by atoms with Crippen LogP contribution in [0.25, 0.3) is 0 Å². The highest BCUT2D eigenvalue weighted by Crippen LogP contribution is 2.25. The third-order valence-corrected chi connectivity index (χ3v) is 4.23. The Morgan fingerprint density at radius 1 is 1.26 bits per heavy atom. The second-order valence-corrected chi connectivity index (χ2v) is 7.68. The van der Waals surface area contributed by atoms with Gasteiger partial charge in [0.15, 0.2) is 6.61 Å². The van der Waals surface area contributed by atoms with Crippen LogP contribution < -0.4 is 10.1 Å². The SMILES string of the molecule is CC(C)(C)C(=O)N1CCCC1C(=O)NCc1cccc(OCC(F)(F)F)c1.